The number of carbonyl (C=O) groups excluding carboxylic acids is 1. The number of hydrogen-bond donors (Lipinski definition) is 2. The van der Waals surface area contributed by atoms with Crippen LogP contribution in [0.1, 0.15) is 37.8 Å². The Morgan fingerprint density at radius 3 is 2.71 bits per heavy atom. The van der Waals surface area contributed by atoms with E-state index in [0.717, 1.165) is 5.56 Å². The first-order valence-electron chi connectivity index (χ1n) is 8.86. The second-order valence-corrected chi connectivity index (χ2v) is 7.46. The van der Waals surface area contributed by atoms with Crippen molar-refractivity contribution in [2.24, 2.45) is 0 Å². The molecule has 0 aliphatic carbocycles. The van der Waals surface area contributed by atoms with E-state index >= 15 is 0 Å². The quantitative estimate of drug-likeness (QED) is 0.451. The first-order valence-corrected chi connectivity index (χ1v) is 10.1. The van der Waals surface area contributed by atoms with Crippen molar-refractivity contribution >= 4 is 23.5 Å². The number of methoxy groups -OCH3 is 1. The summed E-state index contributed by atoms with van der Waals surface area (Å²) in [6.07, 6.45) is 1.55. The average molecular weight is 401 g/mol. The first-order chi connectivity index (χ1) is 13.3. The van der Waals surface area contributed by atoms with Crippen LogP contribution in [0.25, 0.3) is 0 Å². The number of H-pyrrole nitrogens is 1. The highest BCUT2D eigenvalue weighted by Crippen LogP contribution is 2.40. The highest BCUT2D eigenvalue weighted by molar-refractivity contribution is 7.98. The van der Waals surface area contributed by atoms with Crippen LogP contribution in [0, 0.1) is 0 Å². The topological polar surface area (TPSA) is 93.3 Å². The lowest BCUT2D eigenvalue weighted by Crippen LogP contribution is -2.31. The molecule has 1 atom stereocenters. The monoisotopic (exact) mass is 401 g/mol. The Balaban J connectivity index is 2.25. The maximum absolute atomic E-state index is 12.9. The van der Waals surface area contributed by atoms with Crippen molar-refractivity contribution in [3.05, 3.63) is 57.0 Å². The van der Waals surface area contributed by atoms with Gasteiger partial charge in [0.25, 0.3) is 5.56 Å². The Kier molecular flexibility index (Phi) is 5.79. The number of fused-ring (bicyclic) bond motifs is 1. The smallest absolute Gasteiger partial charge is 0.337 e. The van der Waals surface area contributed by atoms with Crippen LogP contribution in [-0.2, 0) is 9.53 Å². The molecule has 1 aliphatic rings. The largest absolute Gasteiger partial charge is 0.497 e. The van der Waals surface area contributed by atoms with Gasteiger partial charge in [0, 0.05) is 5.70 Å². The van der Waals surface area contributed by atoms with Crippen LogP contribution >= 0.6 is 11.8 Å². The third kappa shape index (κ3) is 3.77. The molecule has 0 spiro atoms. The minimum atomic E-state index is -0.621. The number of ether oxygens (including phenoxy) is 2. The summed E-state index contributed by atoms with van der Waals surface area (Å²) in [5.74, 6) is -0.00646. The van der Waals surface area contributed by atoms with E-state index < -0.39 is 11.9 Å². The average Bonchev–Trinajstić information content (AvgIpc) is 2.65. The number of carbonyl (C=O) groups is 1. The summed E-state index contributed by atoms with van der Waals surface area (Å²) >= 11 is 1.34. The fourth-order valence-corrected chi connectivity index (χ4v) is 3.61. The van der Waals surface area contributed by atoms with E-state index in [4.69, 9.17) is 9.47 Å². The van der Waals surface area contributed by atoms with E-state index in [1.165, 1.54) is 11.8 Å². The summed E-state index contributed by atoms with van der Waals surface area (Å²) in [6.45, 7) is 5.37. The van der Waals surface area contributed by atoms with Crippen LogP contribution in [0.4, 0.5) is 5.82 Å². The Bertz CT molecular complexity index is 997. The van der Waals surface area contributed by atoms with Gasteiger partial charge in [-0.25, -0.2) is 9.78 Å². The SMILES string of the molecule is COc1cccc(C2C(C(=O)OC(C)C)=C(C)Nc3nc(SC)[nH]c(=O)c32)c1. The summed E-state index contributed by atoms with van der Waals surface area (Å²) in [6, 6.07) is 7.32. The van der Waals surface area contributed by atoms with Gasteiger partial charge in [-0.05, 0) is 44.7 Å². The summed E-state index contributed by atoms with van der Waals surface area (Å²) in [4.78, 5) is 33.1. The molecule has 148 valence electrons. The van der Waals surface area contributed by atoms with Crippen LogP contribution in [0.3, 0.4) is 0 Å². The maximum Gasteiger partial charge on any atom is 0.337 e. The Morgan fingerprint density at radius 2 is 2.07 bits per heavy atom. The van der Waals surface area contributed by atoms with Crippen molar-refractivity contribution in [3.8, 4) is 5.75 Å². The molecule has 2 aromatic rings. The first kappa shape index (κ1) is 20.0. The van der Waals surface area contributed by atoms with Gasteiger partial charge in [0.1, 0.15) is 11.6 Å². The van der Waals surface area contributed by atoms with Crippen LogP contribution in [-0.4, -0.2) is 35.4 Å². The molecule has 7 nitrogen and oxygen atoms in total. The van der Waals surface area contributed by atoms with E-state index in [1.807, 2.05) is 30.5 Å². The number of allylic oxidation sites excluding steroid dienone is 1. The normalized spacial score (nSPS) is 15.9. The standard InChI is InChI=1S/C20H23N3O4S/c1-10(2)27-19(25)14-11(3)21-17-16(18(24)23-20(22-17)28-5)15(14)12-7-6-8-13(9-12)26-4/h6-10,15H,1-5H3,(H2,21,22,23,24). The Morgan fingerprint density at radius 1 is 1.32 bits per heavy atom. The van der Waals surface area contributed by atoms with Crippen molar-refractivity contribution in [1.29, 1.82) is 0 Å². The van der Waals surface area contributed by atoms with Crippen LogP contribution in [0.2, 0.25) is 0 Å². The molecule has 2 N–H and O–H groups in total. The third-order valence-corrected chi connectivity index (χ3v) is 4.98. The molecule has 1 unspecified atom stereocenters. The lowest BCUT2D eigenvalue weighted by molar-refractivity contribution is -0.143. The van der Waals surface area contributed by atoms with E-state index in [9.17, 15) is 9.59 Å². The molecule has 0 bridgehead atoms. The zero-order valence-corrected chi connectivity index (χ0v) is 17.3. The van der Waals surface area contributed by atoms with Gasteiger partial charge in [0.2, 0.25) is 0 Å². The number of benzene rings is 1. The fraction of sp³-hybridized carbons (Fsp3) is 0.350. The van der Waals surface area contributed by atoms with E-state index in [0.29, 0.717) is 33.6 Å². The number of hydrogen-bond acceptors (Lipinski definition) is 7. The van der Waals surface area contributed by atoms with Crippen molar-refractivity contribution in [1.82, 2.24) is 9.97 Å². The molecule has 1 aromatic carbocycles. The summed E-state index contributed by atoms with van der Waals surface area (Å²) < 4.78 is 10.8. The summed E-state index contributed by atoms with van der Waals surface area (Å²) in [5, 5.41) is 3.61. The maximum atomic E-state index is 12.9. The van der Waals surface area contributed by atoms with E-state index in [2.05, 4.69) is 15.3 Å². The lowest BCUT2D eigenvalue weighted by atomic mass is 9.82. The van der Waals surface area contributed by atoms with Gasteiger partial charge in [-0.2, -0.15) is 0 Å². The third-order valence-electron chi connectivity index (χ3n) is 4.40. The summed E-state index contributed by atoms with van der Waals surface area (Å²) in [5.41, 5.74) is 1.83. The number of nitrogens with zero attached hydrogens (tertiary/aromatic N) is 1. The molecular weight excluding hydrogens is 378 g/mol. The Hall–Kier alpha value is -2.74. The fourth-order valence-electron chi connectivity index (χ4n) is 3.23. The number of aromatic amines is 1. The van der Waals surface area contributed by atoms with Gasteiger partial charge in [-0.3, -0.25) is 4.79 Å². The minimum absolute atomic E-state index is 0.282. The van der Waals surface area contributed by atoms with Crippen LogP contribution < -0.4 is 15.6 Å². The molecule has 0 saturated carbocycles. The van der Waals surface area contributed by atoms with Gasteiger partial charge < -0.3 is 19.8 Å². The number of nitrogens with one attached hydrogen (secondary N) is 2. The highest BCUT2D eigenvalue weighted by atomic mass is 32.2. The molecule has 0 radical (unpaired) electrons. The molecule has 0 saturated heterocycles. The predicted molar refractivity (Wildman–Crippen MR) is 109 cm³/mol. The predicted octanol–water partition coefficient (Wildman–Crippen LogP) is 3.28. The number of aromatic nitrogens is 2. The van der Waals surface area contributed by atoms with Crippen molar-refractivity contribution in [3.63, 3.8) is 0 Å². The van der Waals surface area contributed by atoms with Crippen molar-refractivity contribution in [2.75, 3.05) is 18.7 Å². The van der Waals surface area contributed by atoms with Gasteiger partial charge in [0.05, 0.1) is 30.3 Å². The van der Waals surface area contributed by atoms with Crippen LogP contribution in [0.15, 0.2) is 45.5 Å². The van der Waals surface area contributed by atoms with Crippen molar-refractivity contribution in [2.45, 2.75) is 37.9 Å². The van der Waals surface area contributed by atoms with E-state index in [-0.39, 0.29) is 11.7 Å². The zero-order valence-electron chi connectivity index (χ0n) is 16.5. The number of anilines is 1. The molecule has 1 aliphatic heterocycles. The second-order valence-electron chi connectivity index (χ2n) is 6.66. The van der Waals surface area contributed by atoms with Crippen molar-refractivity contribution < 1.29 is 14.3 Å². The minimum Gasteiger partial charge on any atom is -0.497 e. The molecule has 0 fully saturated rings. The highest BCUT2D eigenvalue weighted by Gasteiger charge is 2.36. The molecule has 1 aromatic heterocycles. The summed E-state index contributed by atoms with van der Waals surface area (Å²) in [7, 11) is 1.57. The Labute approximate surface area is 167 Å². The zero-order chi connectivity index (χ0) is 20.4. The van der Waals surface area contributed by atoms with Gasteiger partial charge >= 0.3 is 5.97 Å². The lowest BCUT2D eigenvalue weighted by Gasteiger charge is -2.29. The van der Waals surface area contributed by atoms with Gasteiger partial charge in [-0.1, -0.05) is 23.9 Å². The number of esters is 1. The molecule has 0 amide bonds. The van der Waals surface area contributed by atoms with E-state index in [1.54, 1.807) is 27.9 Å². The van der Waals surface area contributed by atoms with Crippen LogP contribution in [0.5, 0.6) is 5.75 Å². The number of rotatable bonds is 5. The second kappa shape index (κ2) is 8.10. The molecular formula is C20H23N3O4S. The molecule has 8 heteroatoms. The number of thioether (sulfide) groups is 1. The molecule has 28 heavy (non-hydrogen) atoms. The van der Waals surface area contributed by atoms with Gasteiger partial charge in [0.15, 0.2) is 5.16 Å². The van der Waals surface area contributed by atoms with Gasteiger partial charge in [-0.15, -0.1) is 0 Å². The molecule has 2 heterocycles. The molecule has 3 rings (SSSR count).